The Morgan fingerprint density at radius 1 is 1.24 bits per heavy atom. The molecular weight excluding hydrogens is 459 g/mol. The second-order valence-electron chi connectivity index (χ2n) is 8.14. The van der Waals surface area contributed by atoms with Crippen LogP contribution >= 0.6 is 0 Å². The number of esters is 1. The summed E-state index contributed by atoms with van der Waals surface area (Å²) in [4.78, 5) is 20.7. The number of rotatable bonds is 7. The number of aromatic nitrogens is 2. The summed E-state index contributed by atoms with van der Waals surface area (Å²) < 4.78 is 42.0. The van der Waals surface area contributed by atoms with Gasteiger partial charge in [0, 0.05) is 23.0 Å². The van der Waals surface area contributed by atoms with E-state index in [0.29, 0.717) is 34.2 Å². The van der Waals surface area contributed by atoms with E-state index in [2.05, 4.69) is 19.6 Å². The molecule has 1 aliphatic heterocycles. The summed E-state index contributed by atoms with van der Waals surface area (Å²) in [7, 11) is -2.21. The Bertz CT molecular complexity index is 1340. The molecule has 2 heterocycles. The van der Waals surface area contributed by atoms with Crippen LogP contribution < -0.4 is 10.1 Å². The smallest absolute Gasteiger partial charge is 0.347 e. The molecule has 10 heteroatoms. The van der Waals surface area contributed by atoms with Crippen molar-refractivity contribution < 1.29 is 22.9 Å². The van der Waals surface area contributed by atoms with Gasteiger partial charge in [-0.2, -0.15) is 4.36 Å². The second kappa shape index (κ2) is 9.92. The van der Waals surface area contributed by atoms with Gasteiger partial charge in [0.1, 0.15) is 23.7 Å². The first-order valence-electron chi connectivity index (χ1n) is 11.2. The Morgan fingerprint density at radius 3 is 2.74 bits per heavy atom. The summed E-state index contributed by atoms with van der Waals surface area (Å²) in [6.07, 6.45) is 2.35. The third-order valence-corrected chi connectivity index (χ3v) is 7.88. The van der Waals surface area contributed by atoms with Crippen molar-refractivity contribution in [1.29, 1.82) is 0 Å². The number of benzene rings is 2. The standard InChI is InChI=1S/C24H27FN4O4S/c1-4-32-24(30)16(3)33-21-12-17(25)7-8-19(21)28-23-22-15(2)11-18(13-20(22)26-14-27-23)29-34(31)9-5-6-10-34/h7-8,11-14,16H,4-6,9-10H2,1-3H3,(H,26,27,28)/t16-/m1/s1. The van der Waals surface area contributed by atoms with Crippen LogP contribution in [0.15, 0.2) is 41.0 Å². The summed E-state index contributed by atoms with van der Waals surface area (Å²) in [5.74, 6) is 0.829. The fraction of sp³-hybridized carbons (Fsp3) is 0.375. The molecule has 2 aromatic carbocycles. The Balaban J connectivity index is 1.69. The molecule has 180 valence electrons. The number of fused-ring (bicyclic) bond motifs is 1. The first-order chi connectivity index (χ1) is 16.3. The van der Waals surface area contributed by atoms with E-state index >= 15 is 0 Å². The molecule has 1 N–H and O–H groups in total. The highest BCUT2D eigenvalue weighted by Crippen LogP contribution is 2.34. The summed E-state index contributed by atoms with van der Waals surface area (Å²) in [6.45, 7) is 5.36. The number of nitrogens with one attached hydrogen (secondary N) is 1. The third kappa shape index (κ3) is 5.27. The van der Waals surface area contributed by atoms with Gasteiger partial charge in [0.2, 0.25) is 0 Å². The molecule has 0 spiro atoms. The maximum atomic E-state index is 14.0. The number of carbonyl (C=O) groups is 1. The van der Waals surface area contributed by atoms with Crippen LogP contribution in [0.3, 0.4) is 0 Å². The van der Waals surface area contributed by atoms with Crippen molar-refractivity contribution in [2.75, 3.05) is 23.4 Å². The van der Waals surface area contributed by atoms with Crippen LogP contribution in [0.25, 0.3) is 10.9 Å². The van der Waals surface area contributed by atoms with Gasteiger partial charge >= 0.3 is 5.97 Å². The monoisotopic (exact) mass is 486 g/mol. The van der Waals surface area contributed by atoms with E-state index in [1.807, 2.05) is 13.0 Å². The molecular formula is C24H27FN4O4S. The molecule has 1 fully saturated rings. The maximum Gasteiger partial charge on any atom is 0.347 e. The zero-order valence-corrected chi connectivity index (χ0v) is 20.2. The fourth-order valence-corrected chi connectivity index (χ4v) is 6.07. The Labute approximate surface area is 198 Å². The highest BCUT2D eigenvalue weighted by atomic mass is 32.2. The van der Waals surface area contributed by atoms with E-state index in [0.717, 1.165) is 23.8 Å². The van der Waals surface area contributed by atoms with Crippen LogP contribution in [0.5, 0.6) is 5.75 Å². The minimum atomic E-state index is -2.21. The minimum absolute atomic E-state index is 0.148. The van der Waals surface area contributed by atoms with E-state index in [4.69, 9.17) is 9.47 Å². The van der Waals surface area contributed by atoms with Crippen LogP contribution in [0.2, 0.25) is 0 Å². The molecule has 3 aromatic rings. The number of hydrogen-bond acceptors (Lipinski definition) is 8. The first kappa shape index (κ1) is 23.9. The zero-order chi connectivity index (χ0) is 24.3. The lowest BCUT2D eigenvalue weighted by Gasteiger charge is -2.18. The van der Waals surface area contributed by atoms with E-state index in [-0.39, 0.29) is 12.4 Å². The molecule has 34 heavy (non-hydrogen) atoms. The Morgan fingerprint density at radius 2 is 2.00 bits per heavy atom. The predicted octanol–water partition coefficient (Wildman–Crippen LogP) is 5.04. The maximum absolute atomic E-state index is 14.0. The average molecular weight is 487 g/mol. The van der Waals surface area contributed by atoms with Crippen molar-refractivity contribution >= 4 is 43.8 Å². The van der Waals surface area contributed by atoms with E-state index in [9.17, 15) is 13.4 Å². The fourth-order valence-electron chi connectivity index (χ4n) is 3.88. The number of carbonyl (C=O) groups excluding carboxylic acids is 1. The van der Waals surface area contributed by atoms with Crippen LogP contribution in [-0.4, -0.2) is 44.4 Å². The van der Waals surface area contributed by atoms with Crippen molar-refractivity contribution in [2.24, 2.45) is 4.36 Å². The number of hydrogen-bond donors (Lipinski definition) is 1. The molecule has 0 aliphatic carbocycles. The van der Waals surface area contributed by atoms with Gasteiger partial charge < -0.3 is 14.8 Å². The van der Waals surface area contributed by atoms with Gasteiger partial charge in [-0.1, -0.05) is 0 Å². The molecule has 4 rings (SSSR count). The van der Waals surface area contributed by atoms with E-state index in [1.54, 1.807) is 13.0 Å². The normalized spacial score (nSPS) is 15.6. The molecule has 1 aliphatic rings. The SMILES string of the molecule is CCOC(=O)[C@@H](C)Oc1cc(F)ccc1Nc1ncnc2cc(N=S3(=O)CCCC3)cc(C)c12. The number of nitrogens with zero attached hydrogens (tertiary/aromatic N) is 3. The lowest BCUT2D eigenvalue weighted by molar-refractivity contribution is -0.150. The quantitative estimate of drug-likeness (QED) is 0.467. The molecule has 0 amide bonds. The van der Waals surface area contributed by atoms with Gasteiger partial charge in [-0.3, -0.25) is 0 Å². The van der Waals surface area contributed by atoms with Crippen molar-refractivity contribution in [3.63, 3.8) is 0 Å². The topological polar surface area (TPSA) is 103 Å². The molecule has 1 saturated heterocycles. The largest absolute Gasteiger partial charge is 0.477 e. The van der Waals surface area contributed by atoms with E-state index < -0.39 is 27.6 Å². The van der Waals surface area contributed by atoms with Crippen molar-refractivity contribution in [3.8, 4) is 5.75 Å². The zero-order valence-electron chi connectivity index (χ0n) is 19.3. The molecule has 0 radical (unpaired) electrons. The van der Waals surface area contributed by atoms with Gasteiger partial charge in [0.05, 0.1) is 33.2 Å². The van der Waals surface area contributed by atoms with Gasteiger partial charge in [-0.05, 0) is 63.4 Å². The molecule has 0 bridgehead atoms. The van der Waals surface area contributed by atoms with Crippen LogP contribution in [0.4, 0.5) is 21.6 Å². The summed E-state index contributed by atoms with van der Waals surface area (Å²) in [5.41, 5.74) is 2.56. The summed E-state index contributed by atoms with van der Waals surface area (Å²) >= 11 is 0. The first-order valence-corrected chi connectivity index (χ1v) is 13.0. The number of aryl methyl sites for hydroxylation is 1. The van der Waals surface area contributed by atoms with Crippen molar-refractivity contribution in [1.82, 2.24) is 9.97 Å². The van der Waals surface area contributed by atoms with E-state index in [1.165, 1.54) is 31.5 Å². The summed E-state index contributed by atoms with van der Waals surface area (Å²) in [6, 6.07) is 7.66. The number of anilines is 2. The Kier molecular flexibility index (Phi) is 6.97. The number of ether oxygens (including phenoxy) is 2. The van der Waals surface area contributed by atoms with Gasteiger partial charge in [-0.25, -0.2) is 23.4 Å². The average Bonchev–Trinajstić information content (AvgIpc) is 3.21. The highest BCUT2D eigenvalue weighted by Gasteiger charge is 2.20. The van der Waals surface area contributed by atoms with Crippen LogP contribution in [0, 0.1) is 12.7 Å². The van der Waals surface area contributed by atoms with Crippen LogP contribution in [0.1, 0.15) is 32.3 Å². The van der Waals surface area contributed by atoms with Crippen molar-refractivity contribution in [3.05, 3.63) is 48.0 Å². The summed E-state index contributed by atoms with van der Waals surface area (Å²) in [5, 5.41) is 3.92. The van der Waals surface area contributed by atoms with Crippen molar-refractivity contribution in [2.45, 2.75) is 39.7 Å². The molecule has 1 atom stereocenters. The highest BCUT2D eigenvalue weighted by molar-refractivity contribution is 7.93. The lowest BCUT2D eigenvalue weighted by atomic mass is 10.1. The van der Waals surface area contributed by atoms with Crippen LogP contribution in [-0.2, 0) is 19.3 Å². The third-order valence-electron chi connectivity index (χ3n) is 5.49. The molecule has 0 unspecified atom stereocenters. The predicted molar refractivity (Wildman–Crippen MR) is 130 cm³/mol. The molecule has 8 nitrogen and oxygen atoms in total. The van der Waals surface area contributed by atoms with Gasteiger partial charge in [-0.15, -0.1) is 0 Å². The second-order valence-corrected chi connectivity index (χ2v) is 10.7. The van der Waals surface area contributed by atoms with Gasteiger partial charge in [0.15, 0.2) is 6.10 Å². The minimum Gasteiger partial charge on any atom is -0.477 e. The molecule has 1 aromatic heterocycles. The lowest BCUT2D eigenvalue weighted by Crippen LogP contribution is -2.26. The number of halogens is 1. The molecule has 0 saturated carbocycles. The van der Waals surface area contributed by atoms with Gasteiger partial charge in [0.25, 0.3) is 0 Å². The Hall–Kier alpha value is -3.27.